The number of aromatic nitrogens is 2. The van der Waals surface area contributed by atoms with Gasteiger partial charge in [0.25, 0.3) is 0 Å². The zero-order chi connectivity index (χ0) is 26.2. The molecule has 0 spiro atoms. The van der Waals surface area contributed by atoms with Crippen molar-refractivity contribution >= 4 is 30.2 Å². The minimum atomic E-state index is -0.672. The lowest BCUT2D eigenvalue weighted by Gasteiger charge is -2.31. The summed E-state index contributed by atoms with van der Waals surface area (Å²) in [6, 6.07) is 15.5. The fourth-order valence-electron chi connectivity index (χ4n) is 4.76. The second kappa shape index (κ2) is 13.0. The number of amides is 1. The summed E-state index contributed by atoms with van der Waals surface area (Å²) in [5, 5.41) is 15.2. The van der Waals surface area contributed by atoms with Gasteiger partial charge in [0.2, 0.25) is 12.7 Å². The van der Waals surface area contributed by atoms with E-state index in [2.05, 4.69) is 4.90 Å². The number of carbonyl (C=O) groups is 1. The Kier molecular flexibility index (Phi) is 9.49. The molecule has 1 saturated heterocycles. The molecular formula is C28H33ClN4O4. The van der Waals surface area contributed by atoms with Gasteiger partial charge in [-0.2, -0.15) is 5.10 Å². The van der Waals surface area contributed by atoms with Gasteiger partial charge in [0.05, 0.1) is 24.5 Å². The Morgan fingerprint density at radius 2 is 1.86 bits per heavy atom. The van der Waals surface area contributed by atoms with Crippen LogP contribution in [-0.2, 0) is 14.3 Å². The number of β-amino-alcohol motifs (C(OH)–C–C–N with tert-alkyl or cyclic N) is 1. The average molecular weight is 525 g/mol. The highest BCUT2D eigenvalue weighted by atomic mass is 35.5. The molecule has 0 radical (unpaired) electrons. The first-order valence-electron chi connectivity index (χ1n) is 12.3. The molecule has 2 heterocycles. The van der Waals surface area contributed by atoms with Crippen molar-refractivity contribution in [2.75, 3.05) is 47.0 Å². The molecule has 8 nitrogen and oxygen atoms in total. The van der Waals surface area contributed by atoms with Crippen LogP contribution in [0.4, 0.5) is 0 Å². The highest BCUT2D eigenvalue weighted by Crippen LogP contribution is 2.33. The molecule has 2 aromatic carbocycles. The van der Waals surface area contributed by atoms with Crippen LogP contribution < -0.4 is 0 Å². The number of hydrogen-bond donors (Lipinski definition) is 1. The van der Waals surface area contributed by atoms with Crippen LogP contribution in [0.1, 0.15) is 41.1 Å². The van der Waals surface area contributed by atoms with Crippen LogP contribution in [0.5, 0.6) is 0 Å². The van der Waals surface area contributed by atoms with Gasteiger partial charge in [0, 0.05) is 51.0 Å². The summed E-state index contributed by atoms with van der Waals surface area (Å²) >= 11 is 6.00. The van der Waals surface area contributed by atoms with Crippen LogP contribution in [0.3, 0.4) is 0 Å². The fourth-order valence-corrected chi connectivity index (χ4v) is 4.89. The van der Waals surface area contributed by atoms with Gasteiger partial charge in [-0.05, 0) is 41.8 Å². The summed E-state index contributed by atoms with van der Waals surface area (Å²) in [6.07, 6.45) is 6.94. The van der Waals surface area contributed by atoms with E-state index < -0.39 is 6.29 Å². The molecule has 1 aromatic heterocycles. The van der Waals surface area contributed by atoms with E-state index in [1.54, 1.807) is 19.1 Å². The lowest BCUT2D eigenvalue weighted by atomic mass is 10.0. The number of nitrogens with zero attached hydrogens (tertiary/aromatic N) is 4. The summed E-state index contributed by atoms with van der Waals surface area (Å²) in [7, 11) is 3.19. The van der Waals surface area contributed by atoms with E-state index in [-0.39, 0.29) is 12.6 Å². The number of rotatable bonds is 10. The molecule has 1 aliphatic heterocycles. The van der Waals surface area contributed by atoms with Crippen molar-refractivity contribution in [3.05, 3.63) is 82.1 Å². The molecule has 1 aliphatic rings. The minimum absolute atomic E-state index is 0.0288. The van der Waals surface area contributed by atoms with E-state index in [0.29, 0.717) is 24.7 Å². The van der Waals surface area contributed by atoms with Crippen LogP contribution in [0.15, 0.2) is 54.7 Å². The molecule has 0 bridgehead atoms. The van der Waals surface area contributed by atoms with Gasteiger partial charge in [0.1, 0.15) is 5.69 Å². The molecule has 196 valence electrons. The van der Waals surface area contributed by atoms with E-state index >= 15 is 0 Å². The Bertz CT molecular complexity index is 1190. The largest absolute Gasteiger partial charge is 0.395 e. The van der Waals surface area contributed by atoms with Crippen LogP contribution in [0.25, 0.3) is 17.8 Å². The summed E-state index contributed by atoms with van der Waals surface area (Å²) < 4.78 is 13.2. The number of benzene rings is 2. The number of carbonyl (C=O) groups excluding carboxylic acids is 1. The Hall–Kier alpha value is -3.01. The topological polar surface area (TPSA) is 80.1 Å². The molecule has 1 atom stereocenters. The van der Waals surface area contributed by atoms with Crippen LogP contribution in [0.2, 0.25) is 5.02 Å². The molecule has 0 saturated carbocycles. The van der Waals surface area contributed by atoms with Gasteiger partial charge in [0.15, 0.2) is 0 Å². The summed E-state index contributed by atoms with van der Waals surface area (Å²) in [5.74, 6) is 0. The van der Waals surface area contributed by atoms with Crippen molar-refractivity contribution in [2.45, 2.75) is 18.8 Å². The smallest absolute Gasteiger partial charge is 0.209 e. The first-order valence-corrected chi connectivity index (χ1v) is 12.7. The molecule has 1 N–H and O–H groups in total. The van der Waals surface area contributed by atoms with Crippen molar-refractivity contribution < 1.29 is 19.4 Å². The Balaban J connectivity index is 1.74. The van der Waals surface area contributed by atoms with Crippen molar-refractivity contribution in [3.63, 3.8) is 0 Å². The zero-order valence-corrected chi connectivity index (χ0v) is 21.9. The van der Waals surface area contributed by atoms with E-state index in [1.165, 1.54) is 0 Å². The lowest BCUT2D eigenvalue weighted by Crippen LogP contribution is -2.36. The summed E-state index contributed by atoms with van der Waals surface area (Å²) in [4.78, 5) is 15.7. The second-order valence-corrected chi connectivity index (χ2v) is 9.35. The quantitative estimate of drug-likeness (QED) is 0.243. The Morgan fingerprint density at radius 3 is 2.57 bits per heavy atom. The maximum Gasteiger partial charge on any atom is 0.209 e. The SMILES string of the molecule is COC(OC)c1c(C2CN(C=O)CCCN2CCO)cnn1-c1cccc(C=Cc2ccc(Cl)cc2)c1. The van der Waals surface area contributed by atoms with Gasteiger partial charge in [-0.25, -0.2) is 4.68 Å². The maximum absolute atomic E-state index is 11.7. The molecule has 1 fully saturated rings. The average Bonchev–Trinajstić information content (AvgIpc) is 3.24. The van der Waals surface area contributed by atoms with Gasteiger partial charge >= 0.3 is 0 Å². The number of ether oxygens (including phenoxy) is 2. The monoisotopic (exact) mass is 524 g/mol. The van der Waals surface area contributed by atoms with Gasteiger partial charge < -0.3 is 19.5 Å². The molecule has 1 unspecified atom stereocenters. The molecule has 37 heavy (non-hydrogen) atoms. The molecule has 1 amide bonds. The third-order valence-electron chi connectivity index (χ3n) is 6.57. The Labute approximate surface area is 222 Å². The van der Waals surface area contributed by atoms with Gasteiger partial charge in [-0.15, -0.1) is 0 Å². The number of hydrogen-bond acceptors (Lipinski definition) is 6. The van der Waals surface area contributed by atoms with Crippen molar-refractivity contribution in [3.8, 4) is 5.69 Å². The normalized spacial score (nSPS) is 17.0. The van der Waals surface area contributed by atoms with Crippen molar-refractivity contribution in [1.82, 2.24) is 19.6 Å². The standard InChI is InChI=1S/C28H33ClN4O4/c1-36-28(37-2)27-25(26-19-31(20-35)13-4-14-32(26)15-16-34)18-30-33(27)24-6-3-5-22(17-24)8-7-21-9-11-23(29)12-10-21/h3,5-12,17-18,20,26,28,34H,4,13-16,19H2,1-2H3. The van der Waals surface area contributed by atoms with Crippen LogP contribution in [-0.4, -0.2) is 78.1 Å². The molecule has 3 aromatic rings. The van der Waals surface area contributed by atoms with Crippen molar-refractivity contribution in [2.24, 2.45) is 0 Å². The number of methoxy groups -OCH3 is 2. The first kappa shape index (κ1) is 27.0. The third-order valence-corrected chi connectivity index (χ3v) is 6.83. The maximum atomic E-state index is 11.7. The summed E-state index contributed by atoms with van der Waals surface area (Å²) in [6.45, 7) is 2.45. The molecule has 9 heteroatoms. The first-order chi connectivity index (χ1) is 18.1. The summed E-state index contributed by atoms with van der Waals surface area (Å²) in [5.41, 5.74) is 4.56. The van der Waals surface area contributed by atoms with Gasteiger partial charge in [-0.1, -0.05) is 48.0 Å². The molecule has 0 aliphatic carbocycles. The highest BCUT2D eigenvalue weighted by molar-refractivity contribution is 6.30. The fraction of sp³-hybridized carbons (Fsp3) is 0.357. The second-order valence-electron chi connectivity index (χ2n) is 8.91. The number of halogens is 1. The zero-order valence-electron chi connectivity index (χ0n) is 21.2. The molecular weight excluding hydrogens is 492 g/mol. The van der Waals surface area contributed by atoms with E-state index in [9.17, 15) is 9.90 Å². The van der Waals surface area contributed by atoms with Crippen molar-refractivity contribution in [1.29, 1.82) is 0 Å². The van der Waals surface area contributed by atoms with E-state index in [1.807, 2.05) is 71.6 Å². The Morgan fingerprint density at radius 1 is 1.11 bits per heavy atom. The minimum Gasteiger partial charge on any atom is -0.395 e. The van der Waals surface area contributed by atoms with E-state index in [4.69, 9.17) is 26.2 Å². The predicted molar refractivity (Wildman–Crippen MR) is 144 cm³/mol. The van der Waals surface area contributed by atoms with E-state index in [0.717, 1.165) is 47.4 Å². The highest BCUT2D eigenvalue weighted by Gasteiger charge is 2.32. The predicted octanol–water partition coefficient (Wildman–Crippen LogP) is 4.19. The third kappa shape index (κ3) is 6.47. The van der Waals surface area contributed by atoms with Crippen LogP contribution >= 0.6 is 11.6 Å². The molecule has 4 rings (SSSR count). The van der Waals surface area contributed by atoms with Crippen LogP contribution in [0, 0.1) is 0 Å². The number of aliphatic hydroxyl groups is 1. The number of aliphatic hydroxyl groups excluding tert-OH is 1. The lowest BCUT2D eigenvalue weighted by molar-refractivity contribution is -0.118. The van der Waals surface area contributed by atoms with Gasteiger partial charge in [-0.3, -0.25) is 9.69 Å².